The molecule has 0 radical (unpaired) electrons. The molecule has 0 aliphatic rings. The van der Waals surface area contributed by atoms with Crippen molar-refractivity contribution in [2.45, 2.75) is 33.9 Å². The van der Waals surface area contributed by atoms with E-state index in [1.165, 1.54) is 0 Å². The van der Waals surface area contributed by atoms with Crippen LogP contribution in [0.5, 0.6) is 0 Å². The maximum absolute atomic E-state index is 12.7. The van der Waals surface area contributed by atoms with Gasteiger partial charge < -0.3 is 14.5 Å². The van der Waals surface area contributed by atoms with Crippen LogP contribution in [0.2, 0.25) is 0 Å². The monoisotopic (exact) mass is 387 g/mol. The summed E-state index contributed by atoms with van der Waals surface area (Å²) in [5, 5.41) is 3.00. The van der Waals surface area contributed by atoms with E-state index in [9.17, 15) is 4.79 Å². The van der Waals surface area contributed by atoms with Gasteiger partial charge in [0.25, 0.3) is 5.91 Å². The summed E-state index contributed by atoms with van der Waals surface area (Å²) in [5.41, 5.74) is 4.33. The first-order valence-electron chi connectivity index (χ1n) is 9.83. The molecule has 2 aromatic heterocycles. The molecule has 0 spiro atoms. The molecule has 2 aromatic carbocycles. The molecule has 0 atom stereocenters. The summed E-state index contributed by atoms with van der Waals surface area (Å²) in [6, 6.07) is 13.5. The average Bonchev–Trinajstić information content (AvgIpc) is 3.30. The van der Waals surface area contributed by atoms with E-state index in [1.807, 2.05) is 60.2 Å². The maximum atomic E-state index is 12.7. The molecule has 0 unspecified atom stereocenters. The maximum Gasteiger partial charge on any atom is 0.255 e. The second-order valence-electron chi connectivity index (χ2n) is 7.74. The standard InChI is InChI=1S/C23H25N5O/c1-16(2)13-28-21-9-8-18(25-23(29)19-7-5-4-6-17(19)3)12-20(21)26-22(28)14-27-11-10-24-15-27/h4-12,15-16H,13-14H2,1-3H3,(H,25,29). The Bertz CT molecular complexity index is 1140. The van der Waals surface area contributed by atoms with E-state index in [-0.39, 0.29) is 5.91 Å². The largest absolute Gasteiger partial charge is 0.330 e. The number of carbonyl (C=O) groups excluding carboxylic acids is 1. The Hall–Kier alpha value is -3.41. The number of rotatable bonds is 6. The highest BCUT2D eigenvalue weighted by Gasteiger charge is 2.14. The van der Waals surface area contributed by atoms with E-state index in [4.69, 9.17) is 4.98 Å². The quantitative estimate of drug-likeness (QED) is 0.530. The lowest BCUT2D eigenvalue weighted by atomic mass is 10.1. The third kappa shape index (κ3) is 4.06. The third-order valence-corrected chi connectivity index (χ3v) is 4.91. The lowest BCUT2D eigenvalue weighted by molar-refractivity contribution is 0.102. The minimum atomic E-state index is -0.109. The van der Waals surface area contributed by atoms with Gasteiger partial charge in [-0.15, -0.1) is 0 Å². The van der Waals surface area contributed by atoms with Crippen LogP contribution < -0.4 is 5.32 Å². The first-order valence-corrected chi connectivity index (χ1v) is 9.83. The van der Waals surface area contributed by atoms with E-state index in [0.717, 1.165) is 34.7 Å². The van der Waals surface area contributed by atoms with Gasteiger partial charge in [0, 0.05) is 30.2 Å². The molecular weight excluding hydrogens is 362 g/mol. The number of nitrogens with zero attached hydrogens (tertiary/aromatic N) is 4. The number of fused-ring (bicyclic) bond motifs is 1. The zero-order chi connectivity index (χ0) is 20.4. The normalized spacial score (nSPS) is 11.3. The second kappa shape index (κ2) is 7.91. The SMILES string of the molecule is Cc1ccccc1C(=O)Nc1ccc2c(c1)nc(Cn1ccnc1)n2CC(C)C. The molecule has 1 N–H and O–H groups in total. The molecule has 1 amide bonds. The minimum absolute atomic E-state index is 0.109. The fourth-order valence-electron chi connectivity index (χ4n) is 3.52. The fraction of sp³-hybridized carbons (Fsp3) is 0.261. The minimum Gasteiger partial charge on any atom is -0.330 e. The topological polar surface area (TPSA) is 64.7 Å². The summed E-state index contributed by atoms with van der Waals surface area (Å²) in [4.78, 5) is 21.6. The van der Waals surface area contributed by atoms with Crippen molar-refractivity contribution >= 4 is 22.6 Å². The van der Waals surface area contributed by atoms with Crippen molar-refractivity contribution in [1.82, 2.24) is 19.1 Å². The van der Waals surface area contributed by atoms with Gasteiger partial charge in [0.1, 0.15) is 5.82 Å². The zero-order valence-corrected chi connectivity index (χ0v) is 17.0. The van der Waals surface area contributed by atoms with Crippen LogP contribution in [0.1, 0.15) is 35.6 Å². The second-order valence-corrected chi connectivity index (χ2v) is 7.74. The summed E-state index contributed by atoms with van der Waals surface area (Å²) in [7, 11) is 0. The van der Waals surface area contributed by atoms with Gasteiger partial charge in [-0.05, 0) is 42.7 Å². The molecule has 4 rings (SSSR count). The van der Waals surface area contributed by atoms with Crippen LogP contribution in [0.25, 0.3) is 11.0 Å². The van der Waals surface area contributed by atoms with E-state index < -0.39 is 0 Å². The molecule has 0 saturated heterocycles. The predicted molar refractivity (Wildman–Crippen MR) is 115 cm³/mol. The van der Waals surface area contributed by atoms with Crippen LogP contribution >= 0.6 is 0 Å². The van der Waals surface area contributed by atoms with Crippen molar-refractivity contribution < 1.29 is 4.79 Å². The number of anilines is 1. The molecular formula is C23H25N5O. The van der Waals surface area contributed by atoms with Gasteiger partial charge in [0.2, 0.25) is 0 Å². The molecule has 6 nitrogen and oxygen atoms in total. The highest BCUT2D eigenvalue weighted by atomic mass is 16.1. The van der Waals surface area contributed by atoms with Crippen molar-refractivity contribution in [3.63, 3.8) is 0 Å². The molecule has 29 heavy (non-hydrogen) atoms. The Morgan fingerprint density at radius 1 is 1.17 bits per heavy atom. The molecule has 4 aromatic rings. The average molecular weight is 387 g/mol. The van der Waals surface area contributed by atoms with Gasteiger partial charge in [0.15, 0.2) is 0 Å². The molecule has 0 aliphatic heterocycles. The van der Waals surface area contributed by atoms with Crippen LogP contribution in [0.4, 0.5) is 5.69 Å². The lowest BCUT2D eigenvalue weighted by Crippen LogP contribution is -2.13. The Balaban J connectivity index is 1.66. The number of amides is 1. The number of hydrogen-bond donors (Lipinski definition) is 1. The van der Waals surface area contributed by atoms with Crippen molar-refractivity contribution in [3.8, 4) is 0 Å². The summed E-state index contributed by atoms with van der Waals surface area (Å²) in [6.07, 6.45) is 5.51. The number of aryl methyl sites for hydroxylation is 1. The first kappa shape index (κ1) is 18.9. The van der Waals surface area contributed by atoms with E-state index in [0.29, 0.717) is 18.0 Å². The predicted octanol–water partition coefficient (Wildman–Crippen LogP) is 4.50. The molecule has 2 heterocycles. The number of hydrogen-bond acceptors (Lipinski definition) is 3. The van der Waals surface area contributed by atoms with E-state index in [1.54, 1.807) is 12.5 Å². The van der Waals surface area contributed by atoms with Crippen molar-refractivity contribution in [2.75, 3.05) is 5.32 Å². The smallest absolute Gasteiger partial charge is 0.255 e. The number of nitrogens with one attached hydrogen (secondary N) is 1. The van der Waals surface area contributed by atoms with Crippen LogP contribution in [0.3, 0.4) is 0 Å². The Kier molecular flexibility index (Phi) is 5.16. The Morgan fingerprint density at radius 2 is 2.00 bits per heavy atom. The first-order chi connectivity index (χ1) is 14.0. The summed E-state index contributed by atoms with van der Waals surface area (Å²) >= 11 is 0. The molecule has 6 heteroatoms. The van der Waals surface area contributed by atoms with Gasteiger partial charge in [0.05, 0.1) is 23.9 Å². The fourth-order valence-corrected chi connectivity index (χ4v) is 3.52. The Labute approximate surface area is 170 Å². The highest BCUT2D eigenvalue weighted by Crippen LogP contribution is 2.23. The lowest BCUT2D eigenvalue weighted by Gasteiger charge is -2.12. The number of aromatic nitrogens is 4. The van der Waals surface area contributed by atoms with Crippen molar-refractivity contribution in [3.05, 3.63) is 78.1 Å². The highest BCUT2D eigenvalue weighted by molar-refractivity contribution is 6.05. The Morgan fingerprint density at radius 3 is 2.72 bits per heavy atom. The van der Waals surface area contributed by atoms with Crippen molar-refractivity contribution in [2.24, 2.45) is 5.92 Å². The van der Waals surface area contributed by atoms with Gasteiger partial charge in [-0.25, -0.2) is 9.97 Å². The summed E-state index contributed by atoms with van der Waals surface area (Å²) < 4.78 is 4.27. The van der Waals surface area contributed by atoms with Gasteiger partial charge in [-0.2, -0.15) is 0 Å². The van der Waals surface area contributed by atoms with E-state index >= 15 is 0 Å². The number of imidazole rings is 2. The van der Waals surface area contributed by atoms with Crippen LogP contribution in [0, 0.1) is 12.8 Å². The molecule has 0 bridgehead atoms. The number of carbonyl (C=O) groups is 1. The molecule has 0 fully saturated rings. The summed E-state index contributed by atoms with van der Waals surface area (Å²) in [5.74, 6) is 1.37. The van der Waals surface area contributed by atoms with Crippen LogP contribution in [-0.4, -0.2) is 25.0 Å². The van der Waals surface area contributed by atoms with Gasteiger partial charge >= 0.3 is 0 Å². The molecule has 0 saturated carbocycles. The summed E-state index contributed by atoms with van der Waals surface area (Å²) in [6.45, 7) is 7.88. The number of benzene rings is 2. The van der Waals surface area contributed by atoms with Gasteiger partial charge in [-0.3, -0.25) is 4.79 Å². The van der Waals surface area contributed by atoms with Gasteiger partial charge in [-0.1, -0.05) is 32.0 Å². The van der Waals surface area contributed by atoms with Crippen LogP contribution in [0.15, 0.2) is 61.2 Å². The molecule has 0 aliphatic carbocycles. The third-order valence-electron chi connectivity index (χ3n) is 4.91. The zero-order valence-electron chi connectivity index (χ0n) is 17.0. The molecule has 148 valence electrons. The van der Waals surface area contributed by atoms with Crippen LogP contribution in [-0.2, 0) is 13.1 Å². The van der Waals surface area contributed by atoms with E-state index in [2.05, 4.69) is 28.7 Å². The van der Waals surface area contributed by atoms with Crippen molar-refractivity contribution in [1.29, 1.82) is 0 Å².